The molecule has 1 aromatic heterocycles. The van der Waals surface area contributed by atoms with Crippen LogP contribution in [0.2, 0.25) is 5.02 Å². The molecule has 0 aliphatic carbocycles. The van der Waals surface area contributed by atoms with Crippen LogP contribution in [0, 0.1) is 0 Å². The van der Waals surface area contributed by atoms with Crippen molar-refractivity contribution in [2.24, 2.45) is 0 Å². The van der Waals surface area contributed by atoms with E-state index in [2.05, 4.69) is 22.5 Å². The molecule has 2 rings (SSSR count). The van der Waals surface area contributed by atoms with Crippen LogP contribution in [0.15, 0.2) is 42.7 Å². The molecule has 0 saturated heterocycles. The van der Waals surface area contributed by atoms with Crippen LogP contribution in [0.25, 0.3) is 0 Å². The van der Waals surface area contributed by atoms with Crippen LogP contribution in [-0.2, 0) is 6.42 Å². The summed E-state index contributed by atoms with van der Waals surface area (Å²) in [5.41, 5.74) is 2.39. The highest BCUT2D eigenvalue weighted by Crippen LogP contribution is 2.22. The lowest BCUT2D eigenvalue weighted by Gasteiger charge is -2.09. The van der Waals surface area contributed by atoms with Crippen molar-refractivity contribution in [3.8, 4) is 0 Å². The average Bonchev–Trinajstić information content (AvgIpc) is 2.43. The maximum Gasteiger partial charge on any atom is 0.323 e. The molecule has 1 aromatic carbocycles. The number of aromatic nitrogens is 1. The molecule has 0 bridgehead atoms. The van der Waals surface area contributed by atoms with E-state index in [9.17, 15) is 4.79 Å². The standard InChI is InChI=1S/C15H16ClN3O/c1-2-4-11-6-7-12(9-14(11)16)18-15(20)19-13-5-3-8-17-10-13/h3,5-10H,2,4H2,1H3,(H2,18,19,20). The van der Waals surface area contributed by atoms with E-state index in [-0.39, 0.29) is 6.03 Å². The highest BCUT2D eigenvalue weighted by molar-refractivity contribution is 6.31. The molecule has 0 aliphatic heterocycles. The number of nitrogens with zero attached hydrogens (tertiary/aromatic N) is 1. The summed E-state index contributed by atoms with van der Waals surface area (Å²) in [6.07, 6.45) is 5.20. The van der Waals surface area contributed by atoms with Gasteiger partial charge in [-0.2, -0.15) is 0 Å². The largest absolute Gasteiger partial charge is 0.323 e. The van der Waals surface area contributed by atoms with E-state index in [0.717, 1.165) is 18.4 Å². The lowest BCUT2D eigenvalue weighted by Crippen LogP contribution is -2.19. The lowest BCUT2D eigenvalue weighted by atomic mass is 10.1. The topological polar surface area (TPSA) is 54.0 Å². The maximum absolute atomic E-state index is 11.8. The second kappa shape index (κ2) is 6.91. The van der Waals surface area contributed by atoms with Gasteiger partial charge in [0.15, 0.2) is 0 Å². The number of hydrogen-bond donors (Lipinski definition) is 2. The van der Waals surface area contributed by atoms with Crippen LogP contribution in [0.4, 0.5) is 16.2 Å². The van der Waals surface area contributed by atoms with Crippen LogP contribution >= 0.6 is 11.6 Å². The Hall–Kier alpha value is -2.07. The second-order valence-electron chi connectivity index (χ2n) is 4.38. The maximum atomic E-state index is 11.8. The van der Waals surface area contributed by atoms with Gasteiger partial charge >= 0.3 is 6.03 Å². The number of hydrogen-bond acceptors (Lipinski definition) is 2. The summed E-state index contributed by atoms with van der Waals surface area (Å²) >= 11 is 6.17. The van der Waals surface area contributed by atoms with E-state index in [1.807, 2.05) is 12.1 Å². The molecule has 104 valence electrons. The molecule has 5 heteroatoms. The number of halogens is 1. The molecule has 0 spiro atoms. The Morgan fingerprint density at radius 2 is 2.05 bits per heavy atom. The zero-order chi connectivity index (χ0) is 14.4. The number of carbonyl (C=O) groups is 1. The Kier molecular flexibility index (Phi) is 4.96. The Bertz CT molecular complexity index is 587. The normalized spacial score (nSPS) is 10.1. The molecule has 2 amide bonds. The molecular formula is C15H16ClN3O. The van der Waals surface area contributed by atoms with Crippen LogP contribution < -0.4 is 10.6 Å². The number of aryl methyl sites for hydroxylation is 1. The van der Waals surface area contributed by atoms with Gasteiger partial charge in [-0.25, -0.2) is 4.79 Å². The third-order valence-electron chi connectivity index (χ3n) is 2.75. The second-order valence-corrected chi connectivity index (χ2v) is 4.78. The van der Waals surface area contributed by atoms with E-state index in [1.54, 1.807) is 30.6 Å². The van der Waals surface area contributed by atoms with Gasteiger partial charge in [0, 0.05) is 16.9 Å². The van der Waals surface area contributed by atoms with Gasteiger partial charge in [0.2, 0.25) is 0 Å². The van der Waals surface area contributed by atoms with Gasteiger partial charge in [-0.15, -0.1) is 0 Å². The summed E-state index contributed by atoms with van der Waals surface area (Å²) < 4.78 is 0. The number of rotatable bonds is 4. The molecular weight excluding hydrogens is 274 g/mol. The Morgan fingerprint density at radius 3 is 2.70 bits per heavy atom. The fraction of sp³-hybridized carbons (Fsp3) is 0.200. The van der Waals surface area contributed by atoms with Crippen molar-refractivity contribution in [1.82, 2.24) is 4.98 Å². The molecule has 0 unspecified atom stereocenters. The van der Waals surface area contributed by atoms with Crippen molar-refractivity contribution in [2.75, 3.05) is 10.6 Å². The van der Waals surface area contributed by atoms with E-state index < -0.39 is 0 Å². The lowest BCUT2D eigenvalue weighted by molar-refractivity contribution is 0.262. The molecule has 0 fully saturated rings. The highest BCUT2D eigenvalue weighted by atomic mass is 35.5. The predicted octanol–water partition coefficient (Wildman–Crippen LogP) is 4.33. The predicted molar refractivity (Wildman–Crippen MR) is 82.3 cm³/mol. The van der Waals surface area contributed by atoms with Crippen molar-refractivity contribution in [3.05, 3.63) is 53.3 Å². The third-order valence-corrected chi connectivity index (χ3v) is 3.10. The molecule has 2 aromatic rings. The molecule has 0 radical (unpaired) electrons. The molecule has 1 heterocycles. The van der Waals surface area contributed by atoms with Crippen LogP contribution in [0.3, 0.4) is 0 Å². The van der Waals surface area contributed by atoms with Gasteiger partial charge in [0.05, 0.1) is 11.9 Å². The van der Waals surface area contributed by atoms with Crippen molar-refractivity contribution in [2.45, 2.75) is 19.8 Å². The molecule has 20 heavy (non-hydrogen) atoms. The van der Waals surface area contributed by atoms with Gasteiger partial charge < -0.3 is 10.6 Å². The number of benzene rings is 1. The summed E-state index contributed by atoms with van der Waals surface area (Å²) in [5.74, 6) is 0. The first-order chi connectivity index (χ1) is 9.69. The molecule has 4 nitrogen and oxygen atoms in total. The first-order valence-electron chi connectivity index (χ1n) is 6.45. The van der Waals surface area contributed by atoms with Gasteiger partial charge in [-0.3, -0.25) is 4.98 Å². The minimum atomic E-state index is -0.322. The van der Waals surface area contributed by atoms with Crippen molar-refractivity contribution in [3.63, 3.8) is 0 Å². The number of urea groups is 1. The average molecular weight is 290 g/mol. The van der Waals surface area contributed by atoms with Gasteiger partial charge in [-0.05, 0) is 36.2 Å². The summed E-state index contributed by atoms with van der Waals surface area (Å²) in [4.78, 5) is 15.7. The number of amides is 2. The third kappa shape index (κ3) is 3.96. The van der Waals surface area contributed by atoms with Crippen molar-refractivity contribution >= 4 is 29.0 Å². The number of carbonyl (C=O) groups excluding carboxylic acids is 1. The van der Waals surface area contributed by atoms with Gasteiger partial charge in [-0.1, -0.05) is 31.0 Å². The molecule has 0 atom stereocenters. The zero-order valence-corrected chi connectivity index (χ0v) is 11.9. The molecule has 0 saturated carbocycles. The first-order valence-corrected chi connectivity index (χ1v) is 6.83. The Labute approximate surface area is 123 Å². The quantitative estimate of drug-likeness (QED) is 0.880. The Morgan fingerprint density at radius 1 is 1.25 bits per heavy atom. The number of anilines is 2. The minimum Gasteiger partial charge on any atom is -0.308 e. The van der Waals surface area contributed by atoms with E-state index in [0.29, 0.717) is 16.4 Å². The van der Waals surface area contributed by atoms with Crippen LogP contribution in [0.1, 0.15) is 18.9 Å². The van der Waals surface area contributed by atoms with E-state index in [4.69, 9.17) is 11.6 Å². The fourth-order valence-electron chi connectivity index (χ4n) is 1.83. The monoisotopic (exact) mass is 289 g/mol. The zero-order valence-electron chi connectivity index (χ0n) is 11.2. The van der Waals surface area contributed by atoms with Crippen LogP contribution in [0.5, 0.6) is 0 Å². The van der Waals surface area contributed by atoms with Crippen molar-refractivity contribution < 1.29 is 4.79 Å². The molecule has 0 aliphatic rings. The smallest absolute Gasteiger partial charge is 0.308 e. The van der Waals surface area contributed by atoms with E-state index in [1.165, 1.54) is 0 Å². The minimum absolute atomic E-state index is 0.322. The number of nitrogens with one attached hydrogen (secondary N) is 2. The Balaban J connectivity index is 1.99. The van der Waals surface area contributed by atoms with Crippen molar-refractivity contribution in [1.29, 1.82) is 0 Å². The van der Waals surface area contributed by atoms with Crippen LogP contribution in [-0.4, -0.2) is 11.0 Å². The van der Waals surface area contributed by atoms with Gasteiger partial charge in [0.25, 0.3) is 0 Å². The summed E-state index contributed by atoms with van der Waals surface area (Å²) in [7, 11) is 0. The first kappa shape index (κ1) is 14.3. The summed E-state index contributed by atoms with van der Waals surface area (Å²) in [6, 6.07) is 8.74. The fourth-order valence-corrected chi connectivity index (χ4v) is 2.10. The highest BCUT2D eigenvalue weighted by Gasteiger charge is 2.05. The van der Waals surface area contributed by atoms with Gasteiger partial charge in [0.1, 0.15) is 0 Å². The SMILES string of the molecule is CCCc1ccc(NC(=O)Nc2cccnc2)cc1Cl. The summed E-state index contributed by atoms with van der Waals surface area (Å²) in [6.45, 7) is 2.10. The van der Waals surface area contributed by atoms with E-state index >= 15 is 0 Å². The number of pyridine rings is 1. The molecule has 2 N–H and O–H groups in total. The summed E-state index contributed by atoms with van der Waals surface area (Å²) in [5, 5.41) is 6.10.